The van der Waals surface area contributed by atoms with Gasteiger partial charge in [0.25, 0.3) is 0 Å². The monoisotopic (exact) mass is 608 g/mol. The van der Waals surface area contributed by atoms with Crippen molar-refractivity contribution in [3.05, 3.63) is 59.7 Å². The minimum atomic E-state index is -1.45. The van der Waals surface area contributed by atoms with Crippen molar-refractivity contribution in [2.45, 2.75) is 78.3 Å². The molecule has 4 N–H and O–H groups in total. The van der Waals surface area contributed by atoms with E-state index in [1.54, 1.807) is 31.2 Å². The quantitative estimate of drug-likeness (QED) is 0.120. The van der Waals surface area contributed by atoms with Gasteiger partial charge < -0.3 is 26.0 Å². The van der Waals surface area contributed by atoms with Crippen LogP contribution < -0.4 is 21.3 Å². The van der Waals surface area contributed by atoms with Crippen LogP contribution in [0.3, 0.4) is 0 Å². The molecule has 12 nitrogen and oxygen atoms in total. The molecule has 0 bridgehead atoms. The lowest BCUT2D eigenvalue weighted by Crippen LogP contribution is -2.53. The Morgan fingerprint density at radius 2 is 1.18 bits per heavy atom. The molecule has 0 fully saturated rings. The molecule has 2 atom stereocenters. The summed E-state index contributed by atoms with van der Waals surface area (Å²) in [6.45, 7) is 6.32. The van der Waals surface area contributed by atoms with Crippen LogP contribution in [0.15, 0.2) is 48.5 Å². The summed E-state index contributed by atoms with van der Waals surface area (Å²) in [6, 6.07) is 9.62. The Balaban J connectivity index is 2.37. The normalized spacial score (nSPS) is 11.8. The SMILES string of the molecule is CCCCOC(=O)C(CC(=O)c1ccccc1NC(C)=O)NC(=O)C(CC(=O)c1ccccc1NC(C)=O)NC(=O)CCC. The highest BCUT2D eigenvalue weighted by Crippen LogP contribution is 2.20. The van der Waals surface area contributed by atoms with Crippen LogP contribution in [0.1, 0.15) is 86.9 Å². The highest BCUT2D eigenvalue weighted by molar-refractivity contribution is 6.08. The molecule has 12 heteroatoms. The molecule has 4 amide bonds. The Morgan fingerprint density at radius 1 is 0.682 bits per heavy atom. The standard InChI is InChI=1S/C32H40N4O8/c1-5-7-17-44-32(43)27(19-29(40)23-14-9-11-16-25(23)34-21(4)38)36-31(42)26(35-30(41)12-6-2)18-28(39)22-13-8-10-15-24(22)33-20(3)37/h8-11,13-16,26-27H,5-7,12,17-19H2,1-4H3,(H,33,37)(H,34,38)(H,35,41)(H,36,42). The van der Waals surface area contributed by atoms with Gasteiger partial charge in [-0.2, -0.15) is 0 Å². The molecule has 0 aliphatic carbocycles. The van der Waals surface area contributed by atoms with Gasteiger partial charge >= 0.3 is 5.97 Å². The molecule has 0 heterocycles. The van der Waals surface area contributed by atoms with Gasteiger partial charge in [0.15, 0.2) is 11.6 Å². The van der Waals surface area contributed by atoms with Gasteiger partial charge in [-0.05, 0) is 37.1 Å². The predicted octanol–water partition coefficient (Wildman–Crippen LogP) is 3.56. The topological polar surface area (TPSA) is 177 Å². The number of unbranched alkanes of at least 4 members (excludes halogenated alkanes) is 1. The van der Waals surface area contributed by atoms with Crippen molar-refractivity contribution in [1.29, 1.82) is 0 Å². The van der Waals surface area contributed by atoms with E-state index in [-0.39, 0.29) is 35.5 Å². The second kappa shape index (κ2) is 17.9. The summed E-state index contributed by atoms with van der Waals surface area (Å²) in [6.07, 6.45) is 0.858. The number of anilines is 2. The number of Topliss-reactive ketones (excluding diaryl/α,β-unsaturated/α-hetero) is 2. The van der Waals surface area contributed by atoms with Gasteiger partial charge in [-0.3, -0.25) is 28.8 Å². The zero-order chi connectivity index (χ0) is 32.6. The minimum absolute atomic E-state index is 0.0630. The number of carbonyl (C=O) groups excluding carboxylic acids is 7. The summed E-state index contributed by atoms with van der Waals surface area (Å²) in [5.41, 5.74) is 0.735. The van der Waals surface area contributed by atoms with Crippen LogP contribution in [0.25, 0.3) is 0 Å². The van der Waals surface area contributed by atoms with Crippen molar-refractivity contribution < 1.29 is 38.3 Å². The Kier molecular flexibility index (Phi) is 14.4. The lowest BCUT2D eigenvalue weighted by Gasteiger charge is -2.23. The van der Waals surface area contributed by atoms with E-state index in [0.717, 1.165) is 6.42 Å². The molecule has 0 aromatic heterocycles. The van der Waals surface area contributed by atoms with Crippen molar-refractivity contribution in [2.24, 2.45) is 0 Å². The molecule has 2 unspecified atom stereocenters. The molecular formula is C32H40N4O8. The lowest BCUT2D eigenvalue weighted by atomic mass is 9.99. The molecule has 236 valence electrons. The molecule has 0 spiro atoms. The molecule has 2 aromatic carbocycles. The van der Waals surface area contributed by atoms with Gasteiger partial charge in [-0.25, -0.2) is 4.79 Å². The maximum atomic E-state index is 13.6. The van der Waals surface area contributed by atoms with Crippen LogP contribution in [0.2, 0.25) is 0 Å². The number of rotatable bonds is 17. The van der Waals surface area contributed by atoms with E-state index >= 15 is 0 Å². The Bertz CT molecular complexity index is 1370. The maximum Gasteiger partial charge on any atom is 0.329 e. The summed E-state index contributed by atoms with van der Waals surface area (Å²) >= 11 is 0. The van der Waals surface area contributed by atoms with Crippen molar-refractivity contribution >= 4 is 52.5 Å². The number of hydrogen-bond acceptors (Lipinski definition) is 8. The van der Waals surface area contributed by atoms with Gasteiger partial charge in [-0.1, -0.05) is 44.5 Å². The minimum Gasteiger partial charge on any atom is -0.464 e. The highest BCUT2D eigenvalue weighted by atomic mass is 16.5. The van der Waals surface area contributed by atoms with Gasteiger partial charge in [0.2, 0.25) is 23.6 Å². The van der Waals surface area contributed by atoms with E-state index < -0.39 is 66.1 Å². The molecule has 44 heavy (non-hydrogen) atoms. The summed E-state index contributed by atoms with van der Waals surface area (Å²) in [5.74, 6) is -4.13. The van der Waals surface area contributed by atoms with E-state index in [9.17, 15) is 33.6 Å². The van der Waals surface area contributed by atoms with Gasteiger partial charge in [0.1, 0.15) is 12.1 Å². The first-order chi connectivity index (χ1) is 21.0. The average molecular weight is 609 g/mol. The summed E-state index contributed by atoms with van der Waals surface area (Å²) in [4.78, 5) is 89.1. The van der Waals surface area contributed by atoms with Crippen LogP contribution in [-0.4, -0.2) is 59.9 Å². The Hall–Kier alpha value is -4.87. The average Bonchev–Trinajstić information content (AvgIpc) is 2.96. The number of benzene rings is 2. The first-order valence-corrected chi connectivity index (χ1v) is 14.5. The fourth-order valence-corrected chi connectivity index (χ4v) is 4.23. The molecule has 0 aliphatic heterocycles. The molecule has 0 radical (unpaired) electrons. The zero-order valence-corrected chi connectivity index (χ0v) is 25.5. The van der Waals surface area contributed by atoms with Crippen molar-refractivity contribution in [3.63, 3.8) is 0 Å². The molecule has 2 aromatic rings. The van der Waals surface area contributed by atoms with E-state index in [0.29, 0.717) is 12.8 Å². The molecule has 0 saturated carbocycles. The molecule has 0 saturated heterocycles. The second-order valence-corrected chi connectivity index (χ2v) is 10.2. The number of nitrogens with one attached hydrogen (secondary N) is 4. The number of ketones is 2. The fourth-order valence-electron chi connectivity index (χ4n) is 4.23. The van der Waals surface area contributed by atoms with Crippen LogP contribution in [0, 0.1) is 0 Å². The largest absolute Gasteiger partial charge is 0.464 e. The number of carbonyl (C=O) groups is 7. The van der Waals surface area contributed by atoms with Crippen molar-refractivity contribution in [3.8, 4) is 0 Å². The summed E-state index contributed by atoms with van der Waals surface area (Å²) in [7, 11) is 0. The first kappa shape index (κ1) is 35.3. The number of para-hydroxylation sites is 2. The molecular weight excluding hydrogens is 568 g/mol. The smallest absolute Gasteiger partial charge is 0.329 e. The second-order valence-electron chi connectivity index (χ2n) is 10.2. The number of ether oxygens (including phenoxy) is 1. The molecule has 0 aliphatic rings. The van der Waals surface area contributed by atoms with E-state index in [2.05, 4.69) is 21.3 Å². The Labute approximate surface area is 256 Å². The number of esters is 1. The summed E-state index contributed by atoms with van der Waals surface area (Å²) < 4.78 is 5.31. The van der Waals surface area contributed by atoms with Crippen LogP contribution in [0.5, 0.6) is 0 Å². The van der Waals surface area contributed by atoms with E-state index in [4.69, 9.17) is 4.74 Å². The number of hydrogen-bond donors (Lipinski definition) is 4. The summed E-state index contributed by atoms with van der Waals surface area (Å²) in [5, 5.41) is 10.2. The number of amides is 4. The van der Waals surface area contributed by atoms with E-state index in [1.165, 1.54) is 38.1 Å². The van der Waals surface area contributed by atoms with Gasteiger partial charge in [0.05, 0.1) is 18.0 Å². The zero-order valence-electron chi connectivity index (χ0n) is 25.5. The maximum absolute atomic E-state index is 13.6. The predicted molar refractivity (Wildman–Crippen MR) is 164 cm³/mol. The lowest BCUT2D eigenvalue weighted by molar-refractivity contribution is -0.148. The van der Waals surface area contributed by atoms with Crippen LogP contribution in [-0.2, 0) is 28.7 Å². The Morgan fingerprint density at radius 3 is 1.66 bits per heavy atom. The van der Waals surface area contributed by atoms with Crippen LogP contribution >= 0.6 is 0 Å². The highest BCUT2D eigenvalue weighted by Gasteiger charge is 2.32. The van der Waals surface area contributed by atoms with Crippen LogP contribution in [0.4, 0.5) is 11.4 Å². The fraction of sp³-hybridized carbons (Fsp3) is 0.406. The van der Waals surface area contributed by atoms with Gasteiger partial charge in [-0.15, -0.1) is 0 Å². The van der Waals surface area contributed by atoms with Crippen molar-refractivity contribution in [1.82, 2.24) is 10.6 Å². The van der Waals surface area contributed by atoms with E-state index in [1.807, 2.05) is 6.92 Å². The van der Waals surface area contributed by atoms with Crippen molar-refractivity contribution in [2.75, 3.05) is 17.2 Å². The first-order valence-electron chi connectivity index (χ1n) is 14.5. The third kappa shape index (κ3) is 11.4. The van der Waals surface area contributed by atoms with Gasteiger partial charge in [0, 0.05) is 44.2 Å². The third-order valence-electron chi connectivity index (χ3n) is 6.33. The third-order valence-corrected chi connectivity index (χ3v) is 6.33. The molecule has 2 rings (SSSR count).